The van der Waals surface area contributed by atoms with Gasteiger partial charge in [-0.2, -0.15) is 0 Å². The summed E-state index contributed by atoms with van der Waals surface area (Å²) >= 11 is 7.55. The fraction of sp³-hybridized carbons (Fsp3) is 0.417. The van der Waals surface area contributed by atoms with Crippen LogP contribution in [-0.4, -0.2) is 48.3 Å². The number of anilines is 2. The van der Waals surface area contributed by atoms with Gasteiger partial charge in [-0.15, -0.1) is 11.3 Å². The molecular formula is C24H22ClN3O5S. The molecule has 0 bridgehead atoms. The average Bonchev–Trinajstić information content (AvgIpc) is 3.56. The zero-order chi connectivity index (χ0) is 24.1. The van der Waals surface area contributed by atoms with Crippen LogP contribution in [0.4, 0.5) is 10.7 Å². The first-order valence-corrected chi connectivity index (χ1v) is 12.4. The first kappa shape index (κ1) is 21.8. The number of nitrogens with zero attached hydrogens (tertiary/aromatic N) is 2. The maximum absolute atomic E-state index is 14.1. The van der Waals surface area contributed by atoms with Gasteiger partial charge >= 0.3 is 5.97 Å². The number of hydrogen-bond donors (Lipinski definition) is 1. The Morgan fingerprint density at radius 1 is 1.24 bits per heavy atom. The first-order chi connectivity index (χ1) is 16.2. The van der Waals surface area contributed by atoms with Crippen LogP contribution in [0, 0.1) is 25.7 Å². The summed E-state index contributed by atoms with van der Waals surface area (Å²) in [6, 6.07) is 4.92. The van der Waals surface area contributed by atoms with Gasteiger partial charge < -0.3 is 10.1 Å². The van der Waals surface area contributed by atoms with Crippen molar-refractivity contribution in [2.45, 2.75) is 38.3 Å². The molecule has 1 aromatic carbocycles. The number of hydrogen-bond acceptors (Lipinski definition) is 7. The summed E-state index contributed by atoms with van der Waals surface area (Å²) in [7, 11) is 1.27. The van der Waals surface area contributed by atoms with Crippen LogP contribution in [0.1, 0.15) is 39.2 Å². The summed E-state index contributed by atoms with van der Waals surface area (Å²) in [4.78, 5) is 58.4. The molecule has 3 amide bonds. The number of carbonyl (C=O) groups is 4. The largest absolute Gasteiger partial charge is 0.465 e. The summed E-state index contributed by atoms with van der Waals surface area (Å²) in [6.07, 6.45) is 1.54. The molecule has 4 atom stereocenters. The van der Waals surface area contributed by atoms with E-state index in [1.807, 2.05) is 11.8 Å². The molecule has 10 heteroatoms. The fourth-order valence-corrected chi connectivity index (χ4v) is 7.81. The highest BCUT2D eigenvalue weighted by molar-refractivity contribution is 7.17. The lowest BCUT2D eigenvalue weighted by atomic mass is 9.75. The number of methoxy groups -OCH3 is 1. The highest BCUT2D eigenvalue weighted by Gasteiger charge is 2.75. The monoisotopic (exact) mass is 499 g/mol. The molecule has 1 aromatic heterocycles. The van der Waals surface area contributed by atoms with Crippen LogP contribution in [0.25, 0.3) is 0 Å². The summed E-state index contributed by atoms with van der Waals surface area (Å²) in [5.74, 6) is -3.31. The Balaban J connectivity index is 1.56. The molecular weight excluding hydrogens is 478 g/mol. The van der Waals surface area contributed by atoms with Crippen molar-refractivity contribution in [2.75, 3.05) is 23.9 Å². The molecule has 34 heavy (non-hydrogen) atoms. The van der Waals surface area contributed by atoms with Crippen molar-refractivity contribution in [3.63, 3.8) is 0 Å². The summed E-state index contributed by atoms with van der Waals surface area (Å²) in [6.45, 7) is 4.23. The third-order valence-corrected chi connectivity index (χ3v) is 9.34. The number of fused-ring (bicyclic) bond motifs is 7. The van der Waals surface area contributed by atoms with Crippen LogP contribution in [0.15, 0.2) is 18.2 Å². The zero-order valence-electron chi connectivity index (χ0n) is 18.8. The maximum Gasteiger partial charge on any atom is 0.341 e. The van der Waals surface area contributed by atoms with Crippen LogP contribution in [0.2, 0.25) is 5.02 Å². The van der Waals surface area contributed by atoms with Gasteiger partial charge in [0.1, 0.15) is 10.5 Å². The maximum atomic E-state index is 14.1. The number of thiophene rings is 1. The van der Waals surface area contributed by atoms with Gasteiger partial charge in [0.15, 0.2) is 0 Å². The Morgan fingerprint density at radius 2 is 2.00 bits per heavy atom. The van der Waals surface area contributed by atoms with Gasteiger partial charge in [-0.25, -0.2) is 9.69 Å². The zero-order valence-corrected chi connectivity index (χ0v) is 20.4. The second kappa shape index (κ2) is 7.13. The number of imide groups is 1. The number of carbonyl (C=O) groups excluding carboxylic acids is 4. The molecule has 0 radical (unpaired) electrons. The first-order valence-electron chi connectivity index (χ1n) is 11.2. The van der Waals surface area contributed by atoms with E-state index in [9.17, 15) is 19.2 Å². The highest BCUT2D eigenvalue weighted by atomic mass is 35.5. The Labute approximate surface area is 204 Å². The molecule has 6 rings (SSSR count). The van der Waals surface area contributed by atoms with E-state index in [0.717, 1.165) is 16.2 Å². The predicted octanol–water partition coefficient (Wildman–Crippen LogP) is 3.24. The highest BCUT2D eigenvalue weighted by Crippen LogP contribution is 2.61. The van der Waals surface area contributed by atoms with Gasteiger partial charge in [0.2, 0.25) is 17.7 Å². The molecule has 4 aliphatic rings. The van der Waals surface area contributed by atoms with E-state index < -0.39 is 29.3 Å². The van der Waals surface area contributed by atoms with E-state index in [0.29, 0.717) is 34.8 Å². The van der Waals surface area contributed by atoms with E-state index in [4.69, 9.17) is 16.3 Å². The molecule has 3 saturated heterocycles. The Bertz CT molecular complexity index is 1320. The lowest BCUT2D eigenvalue weighted by Crippen LogP contribution is -2.54. The third kappa shape index (κ3) is 2.42. The van der Waals surface area contributed by atoms with Crippen LogP contribution < -0.4 is 10.2 Å². The molecule has 4 aliphatic heterocycles. The smallest absolute Gasteiger partial charge is 0.341 e. The van der Waals surface area contributed by atoms with Gasteiger partial charge in [0.25, 0.3) is 0 Å². The molecule has 8 nitrogen and oxygen atoms in total. The normalized spacial score (nSPS) is 29.6. The van der Waals surface area contributed by atoms with Gasteiger partial charge in [-0.05, 0) is 57.0 Å². The minimum absolute atomic E-state index is 0.225. The molecule has 0 aliphatic carbocycles. The molecule has 0 saturated carbocycles. The minimum atomic E-state index is -1.31. The second-order valence-electron chi connectivity index (χ2n) is 9.28. The summed E-state index contributed by atoms with van der Waals surface area (Å²) in [5, 5.41) is 3.66. The van der Waals surface area contributed by atoms with Gasteiger partial charge in [0.05, 0.1) is 24.5 Å². The van der Waals surface area contributed by atoms with E-state index in [1.54, 1.807) is 25.1 Å². The topological polar surface area (TPSA) is 96.0 Å². The van der Waals surface area contributed by atoms with Crippen molar-refractivity contribution in [3.05, 3.63) is 44.8 Å². The molecule has 3 fully saturated rings. The molecule has 2 aromatic rings. The third-order valence-electron chi connectivity index (χ3n) is 7.91. The fourth-order valence-electron chi connectivity index (χ4n) is 6.48. The number of aryl methyl sites for hydroxylation is 1. The Morgan fingerprint density at radius 3 is 2.74 bits per heavy atom. The van der Waals surface area contributed by atoms with Crippen molar-refractivity contribution in [2.24, 2.45) is 11.8 Å². The summed E-state index contributed by atoms with van der Waals surface area (Å²) < 4.78 is 4.97. The van der Waals surface area contributed by atoms with Crippen LogP contribution in [-0.2, 0) is 24.7 Å². The number of ether oxygens (including phenoxy) is 1. The van der Waals surface area contributed by atoms with E-state index in [2.05, 4.69) is 5.32 Å². The Hall–Kier alpha value is -2.75. The minimum Gasteiger partial charge on any atom is -0.465 e. The van der Waals surface area contributed by atoms with Crippen LogP contribution in [0.3, 0.4) is 0 Å². The second-order valence-corrected chi connectivity index (χ2v) is 10.9. The number of benzene rings is 1. The standard InChI is InChI=1S/C24H22ClN3O5S/c1-10-11(2)34-21(16(10)22(31)33-3)28-19(29)17-15-5-4-8-27(15)24(18(17)20(28)30)13-9-12(25)6-7-14(13)26-23(24)32/h6-7,9,15,17-18H,4-5,8H2,1-3H3,(H,26,32)/t15-,17+,18-,24-/m0/s1. The number of nitrogens with one attached hydrogen (secondary N) is 1. The van der Waals surface area contributed by atoms with E-state index >= 15 is 0 Å². The number of amides is 3. The van der Waals surface area contributed by atoms with E-state index in [1.165, 1.54) is 18.4 Å². The lowest BCUT2D eigenvalue weighted by molar-refractivity contribution is -0.135. The van der Waals surface area contributed by atoms with Crippen molar-refractivity contribution >= 4 is 57.3 Å². The molecule has 1 N–H and O–H groups in total. The quantitative estimate of drug-likeness (QED) is 0.503. The van der Waals surface area contributed by atoms with Crippen molar-refractivity contribution in [1.29, 1.82) is 0 Å². The van der Waals surface area contributed by atoms with Gasteiger partial charge in [-0.1, -0.05) is 11.6 Å². The molecule has 1 spiro atoms. The number of halogens is 1. The summed E-state index contributed by atoms with van der Waals surface area (Å²) in [5.41, 5.74) is 0.845. The SMILES string of the molecule is COC(=O)c1c(N2C(=O)[C@H]3[C@@H](C2=O)[C@@]2(C(=O)Nc4ccc(Cl)cc42)N2CCC[C@@H]32)sc(C)c1C. The Kier molecular flexibility index (Phi) is 4.56. The molecule has 176 valence electrons. The number of rotatable bonds is 2. The van der Waals surface area contributed by atoms with E-state index in [-0.39, 0.29) is 28.4 Å². The van der Waals surface area contributed by atoms with Gasteiger partial charge in [0, 0.05) is 27.2 Å². The van der Waals surface area contributed by atoms with Crippen molar-refractivity contribution in [3.8, 4) is 0 Å². The van der Waals surface area contributed by atoms with Crippen LogP contribution >= 0.6 is 22.9 Å². The van der Waals surface area contributed by atoms with Gasteiger partial charge in [-0.3, -0.25) is 19.3 Å². The van der Waals surface area contributed by atoms with Crippen LogP contribution in [0.5, 0.6) is 0 Å². The van der Waals surface area contributed by atoms with Crippen molar-refractivity contribution < 1.29 is 23.9 Å². The number of esters is 1. The molecule has 0 unspecified atom stereocenters. The predicted molar refractivity (Wildman–Crippen MR) is 126 cm³/mol. The van der Waals surface area contributed by atoms with Crippen molar-refractivity contribution in [1.82, 2.24) is 4.90 Å². The molecule has 5 heterocycles. The lowest BCUT2D eigenvalue weighted by Gasteiger charge is -2.36. The average molecular weight is 500 g/mol.